The Bertz CT molecular complexity index is 998. The summed E-state index contributed by atoms with van der Waals surface area (Å²) in [5, 5.41) is 8.94. The van der Waals surface area contributed by atoms with Gasteiger partial charge in [-0.1, -0.05) is 18.2 Å². The molecule has 180 valence electrons. The van der Waals surface area contributed by atoms with Gasteiger partial charge in [-0.05, 0) is 30.3 Å². The second kappa shape index (κ2) is 12.6. The predicted molar refractivity (Wildman–Crippen MR) is 130 cm³/mol. The summed E-state index contributed by atoms with van der Waals surface area (Å²) in [6, 6.07) is 17.1. The molecule has 8 heteroatoms. The van der Waals surface area contributed by atoms with E-state index in [2.05, 4.69) is 11.0 Å². The van der Waals surface area contributed by atoms with E-state index in [0.717, 1.165) is 35.8 Å². The largest absolute Gasteiger partial charge is 0.497 e. The average Bonchev–Trinajstić information content (AvgIpc) is 2.88. The van der Waals surface area contributed by atoms with Crippen molar-refractivity contribution >= 4 is 17.5 Å². The highest BCUT2D eigenvalue weighted by Gasteiger charge is 2.24. The Labute approximate surface area is 201 Å². The van der Waals surface area contributed by atoms with Gasteiger partial charge in [0.05, 0.1) is 26.7 Å². The van der Waals surface area contributed by atoms with Crippen molar-refractivity contribution in [3.63, 3.8) is 0 Å². The summed E-state index contributed by atoms with van der Waals surface area (Å²) in [6.45, 7) is 3.77. The summed E-state index contributed by atoms with van der Waals surface area (Å²) in [5.74, 6) is 1.45. The second-order valence-electron chi connectivity index (χ2n) is 8.12. The van der Waals surface area contributed by atoms with Crippen LogP contribution in [-0.4, -0.2) is 68.6 Å². The summed E-state index contributed by atoms with van der Waals surface area (Å²) in [7, 11) is 3.30. The van der Waals surface area contributed by atoms with Crippen LogP contribution in [-0.2, 0) is 16.1 Å². The first kappa shape index (κ1) is 25.1. The van der Waals surface area contributed by atoms with Gasteiger partial charge in [0.2, 0.25) is 11.8 Å². The number of benzene rings is 2. The lowest BCUT2D eigenvalue weighted by Gasteiger charge is -2.35. The van der Waals surface area contributed by atoms with Crippen LogP contribution < -0.4 is 14.4 Å². The number of amides is 2. The van der Waals surface area contributed by atoms with E-state index in [-0.39, 0.29) is 31.1 Å². The molecule has 0 aromatic heterocycles. The molecule has 0 bridgehead atoms. The summed E-state index contributed by atoms with van der Waals surface area (Å²) in [5.41, 5.74) is 1.79. The lowest BCUT2D eigenvalue weighted by atomic mass is 10.1. The molecule has 2 aromatic carbocycles. The molecular formula is C26H32N4O4. The van der Waals surface area contributed by atoms with E-state index in [0.29, 0.717) is 26.2 Å². The number of rotatable bonds is 10. The van der Waals surface area contributed by atoms with E-state index in [1.807, 2.05) is 53.4 Å². The van der Waals surface area contributed by atoms with Crippen molar-refractivity contribution < 1.29 is 19.1 Å². The van der Waals surface area contributed by atoms with Gasteiger partial charge in [-0.3, -0.25) is 14.5 Å². The first-order chi connectivity index (χ1) is 16.5. The molecule has 0 saturated carbocycles. The Morgan fingerprint density at radius 3 is 2.38 bits per heavy atom. The van der Waals surface area contributed by atoms with Crippen LogP contribution >= 0.6 is 0 Å². The molecule has 1 saturated heterocycles. The molecule has 2 aromatic rings. The lowest BCUT2D eigenvalue weighted by molar-refractivity contribution is -0.134. The number of carbonyl (C=O) groups excluding carboxylic acids is 2. The van der Waals surface area contributed by atoms with Crippen molar-refractivity contribution in [1.29, 1.82) is 5.26 Å². The fourth-order valence-electron chi connectivity index (χ4n) is 4.08. The Balaban J connectivity index is 1.50. The van der Waals surface area contributed by atoms with E-state index >= 15 is 0 Å². The van der Waals surface area contributed by atoms with E-state index in [4.69, 9.17) is 14.7 Å². The van der Waals surface area contributed by atoms with E-state index in [1.165, 1.54) is 0 Å². The van der Waals surface area contributed by atoms with Crippen molar-refractivity contribution in [1.82, 2.24) is 9.80 Å². The Hall–Kier alpha value is -3.57. The minimum Gasteiger partial charge on any atom is -0.497 e. The molecule has 0 unspecified atom stereocenters. The van der Waals surface area contributed by atoms with Gasteiger partial charge in [-0.15, -0.1) is 0 Å². The Morgan fingerprint density at radius 2 is 1.74 bits per heavy atom. The molecule has 0 radical (unpaired) electrons. The van der Waals surface area contributed by atoms with Crippen LogP contribution in [0.3, 0.4) is 0 Å². The zero-order chi connectivity index (χ0) is 24.3. The van der Waals surface area contributed by atoms with Crippen molar-refractivity contribution in [2.75, 3.05) is 51.8 Å². The van der Waals surface area contributed by atoms with Gasteiger partial charge >= 0.3 is 0 Å². The number of methoxy groups -OCH3 is 2. The van der Waals surface area contributed by atoms with Crippen molar-refractivity contribution in [2.24, 2.45) is 0 Å². The maximum absolute atomic E-state index is 12.8. The minimum absolute atomic E-state index is 0.0137. The summed E-state index contributed by atoms with van der Waals surface area (Å²) >= 11 is 0. The molecule has 0 aliphatic carbocycles. The fourth-order valence-corrected chi connectivity index (χ4v) is 4.08. The third-order valence-electron chi connectivity index (χ3n) is 5.98. The Morgan fingerprint density at radius 1 is 1.00 bits per heavy atom. The summed E-state index contributed by atoms with van der Waals surface area (Å²) in [6.07, 6.45) is 0.535. The monoisotopic (exact) mass is 464 g/mol. The normalized spacial score (nSPS) is 13.7. The van der Waals surface area contributed by atoms with Crippen LogP contribution in [0.5, 0.6) is 11.5 Å². The first-order valence-electron chi connectivity index (χ1n) is 11.5. The van der Waals surface area contributed by atoms with Crippen molar-refractivity contribution in [3.8, 4) is 17.6 Å². The molecule has 0 atom stereocenters. The van der Waals surface area contributed by atoms with Crippen molar-refractivity contribution in [2.45, 2.75) is 25.8 Å². The molecule has 1 aliphatic rings. The van der Waals surface area contributed by atoms with Gasteiger partial charge in [-0.25, -0.2) is 0 Å². The van der Waals surface area contributed by atoms with Crippen LogP contribution in [0.4, 0.5) is 5.69 Å². The average molecular weight is 465 g/mol. The number of anilines is 1. The molecular weight excluding hydrogens is 432 g/mol. The van der Waals surface area contributed by atoms with Gasteiger partial charge in [0.25, 0.3) is 0 Å². The van der Waals surface area contributed by atoms with E-state index in [1.54, 1.807) is 19.1 Å². The summed E-state index contributed by atoms with van der Waals surface area (Å²) in [4.78, 5) is 31.3. The second-order valence-corrected chi connectivity index (χ2v) is 8.12. The maximum Gasteiger partial charge on any atom is 0.227 e. The number of nitrogens with zero attached hydrogens (tertiary/aromatic N) is 4. The molecule has 2 amide bonds. The third-order valence-corrected chi connectivity index (χ3v) is 5.98. The first-order valence-corrected chi connectivity index (χ1v) is 11.5. The molecule has 8 nitrogen and oxygen atoms in total. The maximum atomic E-state index is 12.8. The van der Waals surface area contributed by atoms with Gasteiger partial charge in [-0.2, -0.15) is 5.26 Å². The number of nitriles is 1. The van der Waals surface area contributed by atoms with Crippen LogP contribution in [0.25, 0.3) is 0 Å². The summed E-state index contributed by atoms with van der Waals surface area (Å²) < 4.78 is 10.8. The van der Waals surface area contributed by atoms with Crippen LogP contribution in [0, 0.1) is 11.3 Å². The lowest BCUT2D eigenvalue weighted by Crippen LogP contribution is -2.48. The topological polar surface area (TPSA) is 86.1 Å². The van der Waals surface area contributed by atoms with Crippen LogP contribution in [0.1, 0.15) is 24.8 Å². The SMILES string of the molecule is COc1ccc(OC)c(CN2CCN(C(=O)CCC(=O)N(CCC#N)c3ccccc3)CC2)c1. The van der Waals surface area contributed by atoms with Gasteiger partial charge in [0.1, 0.15) is 11.5 Å². The molecule has 1 heterocycles. The predicted octanol–water partition coefficient (Wildman–Crippen LogP) is 3.08. The molecule has 0 spiro atoms. The highest BCUT2D eigenvalue weighted by Crippen LogP contribution is 2.25. The smallest absolute Gasteiger partial charge is 0.227 e. The van der Waals surface area contributed by atoms with Gasteiger partial charge in [0.15, 0.2) is 0 Å². The number of hydrogen-bond donors (Lipinski definition) is 0. The highest BCUT2D eigenvalue weighted by molar-refractivity contribution is 5.95. The molecule has 34 heavy (non-hydrogen) atoms. The standard InChI is InChI=1S/C26H32N4O4/c1-33-23-9-10-24(34-2)21(19-23)20-28-15-17-29(18-16-28)25(31)11-12-26(32)30(14-6-13-27)22-7-4-3-5-8-22/h3-5,7-10,19H,6,11-12,14-18,20H2,1-2H3. The zero-order valence-electron chi connectivity index (χ0n) is 19.9. The van der Waals surface area contributed by atoms with Crippen molar-refractivity contribution in [3.05, 3.63) is 54.1 Å². The van der Waals surface area contributed by atoms with Gasteiger partial charge < -0.3 is 19.3 Å². The number of piperazine rings is 1. The highest BCUT2D eigenvalue weighted by atomic mass is 16.5. The minimum atomic E-state index is -0.140. The van der Waals surface area contributed by atoms with E-state index in [9.17, 15) is 9.59 Å². The van der Waals surface area contributed by atoms with Gasteiger partial charge in [0, 0.05) is 63.4 Å². The van der Waals surface area contributed by atoms with Crippen LogP contribution in [0.2, 0.25) is 0 Å². The van der Waals surface area contributed by atoms with Crippen LogP contribution in [0.15, 0.2) is 48.5 Å². The quantitative estimate of drug-likeness (QED) is 0.537. The Kier molecular flexibility index (Phi) is 9.30. The zero-order valence-corrected chi connectivity index (χ0v) is 19.9. The number of hydrogen-bond acceptors (Lipinski definition) is 6. The molecule has 1 fully saturated rings. The molecule has 1 aliphatic heterocycles. The number of carbonyl (C=O) groups is 2. The fraction of sp³-hybridized carbons (Fsp3) is 0.423. The molecule has 3 rings (SSSR count). The third kappa shape index (κ3) is 6.72. The van der Waals surface area contributed by atoms with E-state index < -0.39 is 0 Å². The number of para-hydroxylation sites is 1. The molecule has 0 N–H and O–H groups in total. The number of ether oxygens (including phenoxy) is 2.